The van der Waals surface area contributed by atoms with E-state index in [0.29, 0.717) is 18.0 Å². The molecule has 0 spiro atoms. The van der Waals surface area contributed by atoms with Crippen LogP contribution < -0.4 is 9.46 Å². The summed E-state index contributed by atoms with van der Waals surface area (Å²) in [7, 11) is -3.68. The Bertz CT molecular complexity index is 1030. The first-order valence-corrected chi connectivity index (χ1v) is 10.5. The second-order valence-corrected chi connectivity index (χ2v) is 9.20. The molecule has 0 aliphatic rings. The quantitative estimate of drug-likeness (QED) is 0.652. The molecule has 3 rings (SSSR count). The summed E-state index contributed by atoms with van der Waals surface area (Å²) in [4.78, 5) is 4.43. The third-order valence-corrected chi connectivity index (χ3v) is 5.63. The van der Waals surface area contributed by atoms with E-state index in [4.69, 9.17) is 4.74 Å². The molecule has 0 atom stereocenters. The van der Waals surface area contributed by atoms with E-state index in [0.717, 1.165) is 11.3 Å². The number of hydrogen-bond donors (Lipinski definition) is 1. The number of benzene rings is 2. The number of aromatic nitrogens is 1. The van der Waals surface area contributed by atoms with Crippen LogP contribution >= 0.6 is 0 Å². The van der Waals surface area contributed by atoms with Crippen molar-refractivity contribution in [2.24, 2.45) is 0 Å². The Hall–Kier alpha value is -2.86. The number of ether oxygens (including phenoxy) is 1. The van der Waals surface area contributed by atoms with Gasteiger partial charge in [-0.2, -0.15) is 0 Å². The maximum Gasteiger partial charge on any atom is 0.261 e. The van der Waals surface area contributed by atoms with E-state index in [2.05, 4.69) is 30.5 Å². The van der Waals surface area contributed by atoms with Crippen molar-refractivity contribution >= 4 is 15.7 Å². The lowest BCUT2D eigenvalue weighted by atomic mass is 9.87. The Kier molecular flexibility index (Phi) is 5.70. The van der Waals surface area contributed by atoms with Gasteiger partial charge in [-0.1, -0.05) is 45.0 Å². The maximum atomic E-state index is 12.7. The lowest BCUT2D eigenvalue weighted by Gasteiger charge is -2.19. The topological polar surface area (TPSA) is 68.3 Å². The number of hydrogen-bond acceptors (Lipinski definition) is 4. The summed E-state index contributed by atoms with van der Waals surface area (Å²) in [6.45, 7) is 6.58. The molecule has 0 amide bonds. The van der Waals surface area contributed by atoms with Gasteiger partial charge in [-0.15, -0.1) is 0 Å². The van der Waals surface area contributed by atoms with E-state index in [-0.39, 0.29) is 10.3 Å². The van der Waals surface area contributed by atoms with Crippen LogP contribution in [0.25, 0.3) is 0 Å². The molecule has 1 heterocycles. The van der Waals surface area contributed by atoms with Gasteiger partial charge < -0.3 is 4.74 Å². The third-order valence-electron chi connectivity index (χ3n) is 4.23. The molecule has 1 N–H and O–H groups in total. The summed E-state index contributed by atoms with van der Waals surface area (Å²) in [5.41, 5.74) is 2.29. The van der Waals surface area contributed by atoms with E-state index in [1.54, 1.807) is 42.6 Å². The van der Waals surface area contributed by atoms with E-state index in [9.17, 15) is 8.42 Å². The minimum atomic E-state index is -3.68. The number of sulfonamides is 1. The van der Waals surface area contributed by atoms with Crippen molar-refractivity contribution in [3.63, 3.8) is 0 Å². The van der Waals surface area contributed by atoms with Gasteiger partial charge in [0, 0.05) is 12.3 Å². The zero-order valence-corrected chi connectivity index (χ0v) is 17.0. The van der Waals surface area contributed by atoms with Crippen molar-refractivity contribution < 1.29 is 13.2 Å². The van der Waals surface area contributed by atoms with Gasteiger partial charge in [-0.3, -0.25) is 9.71 Å². The van der Waals surface area contributed by atoms with Crippen LogP contribution in [0.2, 0.25) is 0 Å². The fourth-order valence-corrected chi connectivity index (χ4v) is 3.69. The molecule has 0 radical (unpaired) electrons. The number of pyridine rings is 1. The highest BCUT2D eigenvalue weighted by molar-refractivity contribution is 7.92. The highest BCUT2D eigenvalue weighted by Crippen LogP contribution is 2.25. The number of nitrogens with one attached hydrogen (secondary N) is 1. The van der Waals surface area contributed by atoms with Crippen molar-refractivity contribution in [1.82, 2.24) is 4.98 Å². The van der Waals surface area contributed by atoms with E-state index in [1.807, 2.05) is 30.3 Å². The molecule has 28 heavy (non-hydrogen) atoms. The highest BCUT2D eigenvalue weighted by Gasteiger charge is 2.18. The average molecular weight is 397 g/mol. The number of rotatable bonds is 6. The average Bonchev–Trinajstić information content (AvgIpc) is 2.67. The van der Waals surface area contributed by atoms with Gasteiger partial charge >= 0.3 is 0 Å². The van der Waals surface area contributed by atoms with Gasteiger partial charge in [-0.05, 0) is 47.4 Å². The van der Waals surface area contributed by atoms with E-state index < -0.39 is 10.0 Å². The summed E-state index contributed by atoms with van der Waals surface area (Å²) in [5, 5.41) is 0. The molecule has 5 nitrogen and oxygen atoms in total. The fraction of sp³-hybridized carbons (Fsp3) is 0.227. The van der Waals surface area contributed by atoms with Crippen LogP contribution in [0.3, 0.4) is 0 Å². The van der Waals surface area contributed by atoms with Crippen LogP contribution in [0.5, 0.6) is 5.75 Å². The summed E-state index contributed by atoms with van der Waals surface area (Å²) in [6, 6.07) is 19.4. The maximum absolute atomic E-state index is 12.7. The molecule has 146 valence electrons. The van der Waals surface area contributed by atoms with Crippen LogP contribution in [0, 0.1) is 0 Å². The smallest absolute Gasteiger partial charge is 0.261 e. The largest absolute Gasteiger partial charge is 0.487 e. The normalized spacial score (nSPS) is 11.8. The Labute approximate surface area is 166 Å². The van der Waals surface area contributed by atoms with Crippen LogP contribution in [0.1, 0.15) is 32.0 Å². The second kappa shape index (κ2) is 8.02. The monoisotopic (exact) mass is 396 g/mol. The lowest BCUT2D eigenvalue weighted by molar-refractivity contribution is 0.301. The Morgan fingerprint density at radius 2 is 1.71 bits per heavy atom. The Morgan fingerprint density at radius 1 is 0.964 bits per heavy atom. The Balaban J connectivity index is 1.72. The molecule has 0 aliphatic carbocycles. The van der Waals surface area contributed by atoms with Crippen LogP contribution in [0.15, 0.2) is 77.8 Å². The van der Waals surface area contributed by atoms with Crippen LogP contribution in [-0.4, -0.2) is 13.4 Å². The van der Waals surface area contributed by atoms with E-state index >= 15 is 0 Å². The standard InChI is InChI=1S/C22H24N2O3S/c1-22(2,3)17-10-12-21(13-11-17)28(25,26)24-18-8-6-9-20(15-18)27-16-19-7-4-5-14-23-19/h4-15,24H,16H2,1-3H3. The zero-order chi connectivity index (χ0) is 20.2. The minimum Gasteiger partial charge on any atom is -0.487 e. The predicted molar refractivity (Wildman–Crippen MR) is 111 cm³/mol. The van der Waals surface area contributed by atoms with Crippen LogP contribution in [0.4, 0.5) is 5.69 Å². The predicted octanol–water partition coefficient (Wildman–Crippen LogP) is 4.76. The molecule has 0 bridgehead atoms. The molecular weight excluding hydrogens is 372 g/mol. The molecule has 0 saturated heterocycles. The summed E-state index contributed by atoms with van der Waals surface area (Å²) in [6.07, 6.45) is 1.70. The molecule has 0 saturated carbocycles. The summed E-state index contributed by atoms with van der Waals surface area (Å²) in [5.74, 6) is 0.564. The molecule has 3 aromatic rings. The highest BCUT2D eigenvalue weighted by atomic mass is 32.2. The fourth-order valence-electron chi connectivity index (χ4n) is 2.64. The lowest BCUT2D eigenvalue weighted by Crippen LogP contribution is -2.15. The van der Waals surface area contributed by atoms with Gasteiger partial charge in [0.2, 0.25) is 0 Å². The van der Waals surface area contributed by atoms with Gasteiger partial charge in [0.05, 0.1) is 16.3 Å². The summed E-state index contributed by atoms with van der Waals surface area (Å²) >= 11 is 0. The molecule has 0 aliphatic heterocycles. The molecule has 6 heteroatoms. The molecule has 2 aromatic carbocycles. The van der Waals surface area contributed by atoms with E-state index in [1.165, 1.54) is 0 Å². The Morgan fingerprint density at radius 3 is 2.36 bits per heavy atom. The molecule has 1 aromatic heterocycles. The van der Waals surface area contributed by atoms with Crippen molar-refractivity contribution in [2.45, 2.75) is 37.7 Å². The first-order chi connectivity index (χ1) is 13.2. The van der Waals surface area contributed by atoms with Crippen molar-refractivity contribution in [3.8, 4) is 5.75 Å². The first-order valence-electron chi connectivity index (χ1n) is 9.00. The van der Waals surface area contributed by atoms with Crippen molar-refractivity contribution in [2.75, 3.05) is 4.72 Å². The third kappa shape index (κ3) is 5.10. The molecular formula is C22H24N2O3S. The first kappa shape index (κ1) is 19.9. The number of anilines is 1. The zero-order valence-electron chi connectivity index (χ0n) is 16.2. The summed E-state index contributed by atoms with van der Waals surface area (Å²) < 4.78 is 33.7. The van der Waals surface area contributed by atoms with Gasteiger partial charge in [0.1, 0.15) is 12.4 Å². The second-order valence-electron chi connectivity index (χ2n) is 7.52. The number of nitrogens with zero attached hydrogens (tertiary/aromatic N) is 1. The van der Waals surface area contributed by atoms with Gasteiger partial charge in [0.25, 0.3) is 10.0 Å². The van der Waals surface area contributed by atoms with Gasteiger partial charge in [-0.25, -0.2) is 8.42 Å². The molecule has 0 fully saturated rings. The minimum absolute atomic E-state index is 0.0327. The van der Waals surface area contributed by atoms with Crippen molar-refractivity contribution in [3.05, 3.63) is 84.2 Å². The van der Waals surface area contributed by atoms with Gasteiger partial charge in [0.15, 0.2) is 0 Å². The SMILES string of the molecule is CC(C)(C)c1ccc(S(=O)(=O)Nc2cccc(OCc3ccccn3)c2)cc1. The molecule has 0 unspecified atom stereocenters. The van der Waals surface area contributed by atoms with Crippen LogP contribution in [-0.2, 0) is 22.0 Å². The van der Waals surface area contributed by atoms with Crippen molar-refractivity contribution in [1.29, 1.82) is 0 Å².